The van der Waals surface area contributed by atoms with Gasteiger partial charge in [-0.05, 0) is 50.7 Å². The Kier molecular flexibility index (Phi) is 4.36. The summed E-state index contributed by atoms with van der Waals surface area (Å²) in [6, 6.07) is 6.10. The first-order valence-corrected chi connectivity index (χ1v) is 10.6. The summed E-state index contributed by atoms with van der Waals surface area (Å²) in [5.41, 5.74) is 1.93. The second-order valence-electron chi connectivity index (χ2n) is 7.78. The van der Waals surface area contributed by atoms with Gasteiger partial charge in [-0.25, -0.2) is 15.0 Å². The first-order chi connectivity index (χ1) is 13.6. The van der Waals surface area contributed by atoms with Crippen LogP contribution in [0.4, 0.5) is 5.13 Å². The molecule has 1 saturated carbocycles. The number of aromatic nitrogens is 3. The van der Waals surface area contributed by atoms with E-state index in [1.54, 1.807) is 0 Å². The minimum atomic E-state index is -0.0284. The average molecular weight is 395 g/mol. The fraction of sp³-hybridized carbons (Fsp3) is 0.429. The number of ether oxygens (including phenoxy) is 1. The molecule has 1 aromatic carbocycles. The van der Waals surface area contributed by atoms with Gasteiger partial charge >= 0.3 is 0 Å². The van der Waals surface area contributed by atoms with Gasteiger partial charge in [0, 0.05) is 30.3 Å². The largest absolute Gasteiger partial charge is 0.375 e. The third-order valence-corrected chi connectivity index (χ3v) is 6.81. The van der Waals surface area contributed by atoms with Crippen LogP contribution in [-0.2, 0) is 9.53 Å². The van der Waals surface area contributed by atoms with Gasteiger partial charge in [-0.1, -0.05) is 23.5 Å². The van der Waals surface area contributed by atoms with Crippen molar-refractivity contribution in [3.05, 3.63) is 36.4 Å². The number of hydrogen-bond acceptors (Lipinski definition) is 6. The van der Waals surface area contributed by atoms with E-state index in [9.17, 15) is 4.79 Å². The van der Waals surface area contributed by atoms with Gasteiger partial charge in [-0.15, -0.1) is 0 Å². The van der Waals surface area contributed by atoms with Gasteiger partial charge in [-0.2, -0.15) is 0 Å². The van der Waals surface area contributed by atoms with Gasteiger partial charge in [-0.3, -0.25) is 4.79 Å². The fourth-order valence-electron chi connectivity index (χ4n) is 4.11. The molecule has 1 spiro atoms. The van der Waals surface area contributed by atoms with Crippen molar-refractivity contribution in [3.8, 4) is 10.4 Å². The number of carbonyl (C=O) groups is 1. The number of carbonyl (C=O) groups excluding carboxylic acids is 1. The van der Waals surface area contributed by atoms with Crippen molar-refractivity contribution in [1.29, 1.82) is 0 Å². The van der Waals surface area contributed by atoms with E-state index in [4.69, 9.17) is 4.74 Å². The van der Waals surface area contributed by atoms with Crippen LogP contribution in [0, 0.1) is 12.8 Å². The number of thiazole rings is 1. The highest BCUT2D eigenvalue weighted by atomic mass is 32.1. The highest BCUT2D eigenvalue weighted by Gasteiger charge is 2.44. The minimum Gasteiger partial charge on any atom is -0.375 e. The molecule has 3 heterocycles. The molecule has 1 amide bonds. The monoisotopic (exact) mass is 394 g/mol. The zero-order valence-corrected chi connectivity index (χ0v) is 16.6. The van der Waals surface area contributed by atoms with Crippen molar-refractivity contribution in [3.63, 3.8) is 0 Å². The van der Waals surface area contributed by atoms with E-state index < -0.39 is 0 Å². The lowest BCUT2D eigenvalue weighted by Crippen LogP contribution is -2.47. The van der Waals surface area contributed by atoms with Crippen LogP contribution < -0.4 is 5.32 Å². The molecule has 2 aliphatic rings. The van der Waals surface area contributed by atoms with Crippen molar-refractivity contribution in [1.82, 2.24) is 15.0 Å². The fourth-order valence-corrected chi connectivity index (χ4v) is 4.93. The summed E-state index contributed by atoms with van der Waals surface area (Å²) in [5.74, 6) is 0.835. The lowest BCUT2D eigenvalue weighted by atomic mass is 9.72. The molecular weight excluding hydrogens is 372 g/mol. The number of aryl methyl sites for hydroxylation is 1. The molecule has 2 aromatic heterocycles. The number of nitrogens with one attached hydrogen (secondary N) is 1. The molecule has 1 aliphatic heterocycles. The average Bonchev–Trinajstić information content (AvgIpc) is 3.14. The van der Waals surface area contributed by atoms with E-state index in [1.807, 2.05) is 37.5 Å². The van der Waals surface area contributed by atoms with Crippen molar-refractivity contribution in [2.75, 3.05) is 11.9 Å². The highest BCUT2D eigenvalue weighted by Crippen LogP contribution is 2.44. The van der Waals surface area contributed by atoms with Gasteiger partial charge < -0.3 is 10.1 Å². The Hall–Kier alpha value is -2.38. The first kappa shape index (κ1) is 17.7. The summed E-state index contributed by atoms with van der Waals surface area (Å²) >= 11 is 1.49. The Morgan fingerprint density at radius 1 is 1.29 bits per heavy atom. The summed E-state index contributed by atoms with van der Waals surface area (Å²) in [4.78, 5) is 26.9. The van der Waals surface area contributed by atoms with Crippen LogP contribution >= 0.6 is 11.3 Å². The molecule has 0 bridgehead atoms. The van der Waals surface area contributed by atoms with Gasteiger partial charge in [0.25, 0.3) is 0 Å². The summed E-state index contributed by atoms with van der Waals surface area (Å²) in [6.07, 6.45) is 8.65. The van der Waals surface area contributed by atoms with Gasteiger partial charge in [0.1, 0.15) is 5.82 Å². The quantitative estimate of drug-likeness (QED) is 0.715. The SMILES string of the molecule is Cc1ncc2ccc(-c3cnc(NC(=O)C4CCOC5(CCC5)C4)s3)cc2n1. The van der Waals surface area contributed by atoms with Crippen LogP contribution in [0.2, 0.25) is 0 Å². The van der Waals surface area contributed by atoms with E-state index >= 15 is 0 Å². The Balaban J connectivity index is 1.31. The summed E-state index contributed by atoms with van der Waals surface area (Å²) in [6.45, 7) is 2.57. The number of amides is 1. The Morgan fingerprint density at radius 3 is 3.00 bits per heavy atom. The molecule has 6 nitrogen and oxygen atoms in total. The lowest BCUT2D eigenvalue weighted by molar-refractivity contribution is -0.153. The maximum atomic E-state index is 12.7. The van der Waals surface area contributed by atoms with Gasteiger partial charge in [0.15, 0.2) is 5.13 Å². The molecule has 1 unspecified atom stereocenters. The topological polar surface area (TPSA) is 77.0 Å². The molecule has 5 rings (SSSR count). The summed E-state index contributed by atoms with van der Waals surface area (Å²) in [5, 5.41) is 4.68. The predicted molar refractivity (Wildman–Crippen MR) is 109 cm³/mol. The molecule has 28 heavy (non-hydrogen) atoms. The second kappa shape index (κ2) is 6.90. The molecule has 0 radical (unpaired) electrons. The number of benzene rings is 1. The van der Waals surface area contributed by atoms with E-state index in [2.05, 4.69) is 20.3 Å². The first-order valence-electron chi connectivity index (χ1n) is 9.75. The molecule has 3 aromatic rings. The van der Waals surface area contributed by atoms with Gasteiger partial charge in [0.05, 0.1) is 16.0 Å². The van der Waals surface area contributed by atoms with Crippen LogP contribution in [0.5, 0.6) is 0 Å². The lowest BCUT2D eigenvalue weighted by Gasteiger charge is -2.46. The molecule has 1 N–H and O–H groups in total. The van der Waals surface area contributed by atoms with Crippen LogP contribution in [0.1, 0.15) is 37.9 Å². The van der Waals surface area contributed by atoms with Crippen LogP contribution in [0.3, 0.4) is 0 Å². The standard InChI is InChI=1S/C21H22N4O2S/c1-13-22-11-16-4-3-14(9-17(16)24-13)18-12-23-20(28-18)25-19(26)15-5-8-27-21(10-15)6-2-7-21/h3-4,9,11-12,15H,2,5-8,10H2,1H3,(H,23,25,26). The zero-order valence-electron chi connectivity index (χ0n) is 15.8. The van der Waals surface area contributed by atoms with E-state index in [0.29, 0.717) is 11.7 Å². The number of hydrogen-bond donors (Lipinski definition) is 1. The second-order valence-corrected chi connectivity index (χ2v) is 8.82. The van der Waals surface area contributed by atoms with Crippen molar-refractivity contribution in [2.45, 2.75) is 44.6 Å². The Labute approximate surface area is 167 Å². The van der Waals surface area contributed by atoms with Crippen LogP contribution in [0.15, 0.2) is 30.6 Å². The van der Waals surface area contributed by atoms with Gasteiger partial charge in [0.2, 0.25) is 5.91 Å². The van der Waals surface area contributed by atoms with E-state index in [1.165, 1.54) is 17.8 Å². The van der Waals surface area contributed by atoms with Crippen molar-refractivity contribution >= 4 is 33.3 Å². The molecule has 1 atom stereocenters. The number of nitrogens with zero attached hydrogens (tertiary/aromatic N) is 3. The third kappa shape index (κ3) is 3.29. The number of fused-ring (bicyclic) bond motifs is 1. The van der Waals surface area contributed by atoms with Crippen molar-refractivity contribution < 1.29 is 9.53 Å². The Bertz CT molecular complexity index is 1040. The van der Waals surface area contributed by atoms with Crippen LogP contribution in [0.25, 0.3) is 21.3 Å². The molecule has 144 valence electrons. The smallest absolute Gasteiger partial charge is 0.229 e. The van der Waals surface area contributed by atoms with E-state index in [0.717, 1.165) is 52.9 Å². The third-order valence-electron chi connectivity index (χ3n) is 5.85. The Morgan fingerprint density at radius 2 is 2.18 bits per heavy atom. The zero-order chi connectivity index (χ0) is 19.1. The molecule has 2 fully saturated rings. The molecule has 7 heteroatoms. The summed E-state index contributed by atoms with van der Waals surface area (Å²) < 4.78 is 5.93. The predicted octanol–water partition coefficient (Wildman–Crippen LogP) is 4.35. The van der Waals surface area contributed by atoms with E-state index in [-0.39, 0.29) is 17.4 Å². The van der Waals surface area contributed by atoms with Crippen LogP contribution in [-0.4, -0.2) is 33.1 Å². The molecular formula is C21H22N4O2S. The maximum Gasteiger partial charge on any atom is 0.229 e. The highest BCUT2D eigenvalue weighted by molar-refractivity contribution is 7.19. The summed E-state index contributed by atoms with van der Waals surface area (Å²) in [7, 11) is 0. The number of rotatable bonds is 3. The minimum absolute atomic E-state index is 0.0155. The normalized spacial score (nSPS) is 20.8. The maximum absolute atomic E-state index is 12.7. The molecule has 1 saturated heterocycles. The molecule has 1 aliphatic carbocycles. The van der Waals surface area contributed by atoms with Crippen molar-refractivity contribution in [2.24, 2.45) is 5.92 Å². The number of anilines is 1.